The maximum absolute atomic E-state index is 9.23. The van der Waals surface area contributed by atoms with E-state index in [1.54, 1.807) is 24.3 Å². The summed E-state index contributed by atoms with van der Waals surface area (Å²) in [7, 11) is 0. The van der Waals surface area contributed by atoms with Crippen molar-refractivity contribution < 1.29 is 5.11 Å². The van der Waals surface area contributed by atoms with Gasteiger partial charge >= 0.3 is 0 Å². The number of alkyl halides is 1. The first-order valence-electron chi connectivity index (χ1n) is 3.07. The van der Waals surface area contributed by atoms with Crippen LogP contribution in [-0.4, -0.2) is 5.11 Å². The predicted molar refractivity (Wildman–Crippen MR) is 45.4 cm³/mol. The molecule has 0 aliphatic carbocycles. The molecule has 0 aromatic heterocycles. The van der Waals surface area contributed by atoms with E-state index in [0.29, 0.717) is 5.56 Å². The van der Waals surface area contributed by atoms with Gasteiger partial charge in [0, 0.05) is 5.56 Å². The maximum atomic E-state index is 9.23. The molecule has 0 aliphatic rings. The molecule has 0 saturated carbocycles. The number of rotatable bonds is 1. The summed E-state index contributed by atoms with van der Waals surface area (Å²) < 4.78 is 0. The second kappa shape index (κ2) is 3.40. The highest BCUT2D eigenvalue weighted by Gasteiger charge is 2.08. The number of phenolic OH excluding ortho intramolecular Hbond substituents is 1. The number of para-hydroxylation sites is 1. The minimum absolute atomic E-state index is 0.149. The number of nitriles is 1. The van der Waals surface area contributed by atoms with Gasteiger partial charge in [0.05, 0.1) is 6.07 Å². The molecule has 0 amide bonds. The normalized spacial score (nSPS) is 12.0. The van der Waals surface area contributed by atoms with E-state index < -0.39 is 4.83 Å². The lowest BCUT2D eigenvalue weighted by Crippen LogP contribution is -1.84. The van der Waals surface area contributed by atoms with E-state index >= 15 is 0 Å². The van der Waals surface area contributed by atoms with Gasteiger partial charge in [0.2, 0.25) is 0 Å². The Labute approximate surface area is 73.2 Å². The molecule has 11 heavy (non-hydrogen) atoms. The van der Waals surface area contributed by atoms with Crippen molar-refractivity contribution in [2.24, 2.45) is 0 Å². The summed E-state index contributed by atoms with van der Waals surface area (Å²) in [6, 6.07) is 8.74. The van der Waals surface area contributed by atoms with E-state index in [0.717, 1.165) is 0 Å². The van der Waals surface area contributed by atoms with Crippen LogP contribution in [0.2, 0.25) is 0 Å². The van der Waals surface area contributed by atoms with Gasteiger partial charge in [-0.15, -0.1) is 0 Å². The molecule has 1 rings (SSSR count). The zero-order valence-electron chi connectivity index (χ0n) is 5.66. The zero-order valence-corrected chi connectivity index (χ0v) is 7.25. The summed E-state index contributed by atoms with van der Waals surface area (Å²) in [5.41, 5.74) is 0.606. The molecule has 0 fully saturated rings. The fourth-order valence-corrected chi connectivity index (χ4v) is 1.16. The Bertz CT molecular complexity index is 292. The van der Waals surface area contributed by atoms with E-state index in [-0.39, 0.29) is 5.75 Å². The molecule has 0 heterocycles. The lowest BCUT2D eigenvalue weighted by atomic mass is 10.1. The van der Waals surface area contributed by atoms with Crippen molar-refractivity contribution in [2.75, 3.05) is 0 Å². The van der Waals surface area contributed by atoms with Gasteiger partial charge in [0.15, 0.2) is 0 Å². The van der Waals surface area contributed by atoms with Crippen LogP contribution in [0.25, 0.3) is 0 Å². The molecular formula is C8H6BrNO. The van der Waals surface area contributed by atoms with Crippen LogP contribution in [0.15, 0.2) is 24.3 Å². The summed E-state index contributed by atoms with van der Waals surface area (Å²) in [5, 5.41) is 17.7. The van der Waals surface area contributed by atoms with Gasteiger partial charge in [-0.2, -0.15) is 5.26 Å². The van der Waals surface area contributed by atoms with Crippen LogP contribution in [0, 0.1) is 11.3 Å². The standard InChI is InChI=1S/C8H6BrNO/c9-7(5-10)6-3-1-2-4-8(6)11/h1-4,7,11H. The fourth-order valence-electron chi connectivity index (χ4n) is 0.771. The summed E-state index contributed by atoms with van der Waals surface area (Å²) in [6.07, 6.45) is 0. The maximum Gasteiger partial charge on any atom is 0.130 e. The van der Waals surface area contributed by atoms with Gasteiger partial charge in [-0.3, -0.25) is 0 Å². The van der Waals surface area contributed by atoms with E-state index in [1.807, 2.05) is 6.07 Å². The number of nitrogens with zero attached hydrogens (tertiary/aromatic N) is 1. The first kappa shape index (κ1) is 8.09. The Morgan fingerprint density at radius 2 is 2.09 bits per heavy atom. The minimum atomic E-state index is -0.427. The highest BCUT2D eigenvalue weighted by atomic mass is 79.9. The lowest BCUT2D eigenvalue weighted by Gasteiger charge is -2.02. The molecule has 1 aromatic rings. The molecule has 1 N–H and O–H groups in total. The molecule has 0 radical (unpaired) electrons. The number of hydrogen-bond acceptors (Lipinski definition) is 2. The molecule has 0 spiro atoms. The third-order valence-corrected chi connectivity index (χ3v) is 2.02. The third-order valence-electron chi connectivity index (χ3n) is 1.32. The Hall–Kier alpha value is -1.01. The summed E-state index contributed by atoms with van der Waals surface area (Å²) >= 11 is 3.11. The Morgan fingerprint density at radius 1 is 1.45 bits per heavy atom. The fraction of sp³-hybridized carbons (Fsp3) is 0.125. The number of hydrogen-bond donors (Lipinski definition) is 1. The van der Waals surface area contributed by atoms with Gasteiger partial charge in [0.25, 0.3) is 0 Å². The second-order valence-corrected chi connectivity index (χ2v) is 2.97. The first-order valence-corrected chi connectivity index (χ1v) is 3.99. The Morgan fingerprint density at radius 3 is 2.64 bits per heavy atom. The van der Waals surface area contributed by atoms with Crippen LogP contribution in [0.5, 0.6) is 5.75 Å². The van der Waals surface area contributed by atoms with Crippen LogP contribution in [0.3, 0.4) is 0 Å². The van der Waals surface area contributed by atoms with Crippen LogP contribution in [0.1, 0.15) is 10.4 Å². The quantitative estimate of drug-likeness (QED) is 0.726. The smallest absolute Gasteiger partial charge is 0.130 e. The lowest BCUT2D eigenvalue weighted by molar-refractivity contribution is 0.470. The number of aromatic hydroxyl groups is 1. The monoisotopic (exact) mass is 211 g/mol. The number of benzene rings is 1. The molecule has 3 heteroatoms. The van der Waals surface area contributed by atoms with E-state index in [2.05, 4.69) is 15.9 Å². The van der Waals surface area contributed by atoms with E-state index in [4.69, 9.17) is 5.26 Å². The Balaban J connectivity index is 3.05. The SMILES string of the molecule is N#CC(Br)c1ccccc1O. The van der Waals surface area contributed by atoms with Gasteiger partial charge in [-0.05, 0) is 6.07 Å². The van der Waals surface area contributed by atoms with Crippen molar-refractivity contribution in [3.05, 3.63) is 29.8 Å². The minimum Gasteiger partial charge on any atom is -0.508 e. The van der Waals surface area contributed by atoms with Gasteiger partial charge < -0.3 is 5.11 Å². The Kier molecular flexibility index (Phi) is 2.50. The third kappa shape index (κ3) is 1.72. The van der Waals surface area contributed by atoms with Crippen molar-refractivity contribution in [1.82, 2.24) is 0 Å². The molecule has 0 bridgehead atoms. The van der Waals surface area contributed by atoms with Gasteiger partial charge in [-0.1, -0.05) is 34.1 Å². The zero-order chi connectivity index (χ0) is 8.27. The average molecular weight is 212 g/mol. The van der Waals surface area contributed by atoms with E-state index in [1.165, 1.54) is 0 Å². The molecule has 1 unspecified atom stereocenters. The molecule has 0 aliphatic heterocycles. The van der Waals surface area contributed by atoms with Gasteiger partial charge in [0.1, 0.15) is 10.6 Å². The highest BCUT2D eigenvalue weighted by molar-refractivity contribution is 9.09. The summed E-state index contributed by atoms with van der Waals surface area (Å²) in [6.45, 7) is 0. The molecule has 1 aromatic carbocycles. The van der Waals surface area contributed by atoms with Crippen molar-refractivity contribution in [3.63, 3.8) is 0 Å². The van der Waals surface area contributed by atoms with Crippen molar-refractivity contribution in [3.8, 4) is 11.8 Å². The molecule has 2 nitrogen and oxygen atoms in total. The molecule has 56 valence electrons. The average Bonchev–Trinajstić information content (AvgIpc) is 2.04. The topological polar surface area (TPSA) is 44.0 Å². The number of halogens is 1. The summed E-state index contributed by atoms with van der Waals surface area (Å²) in [5.74, 6) is 0.149. The van der Waals surface area contributed by atoms with Crippen molar-refractivity contribution in [2.45, 2.75) is 4.83 Å². The molecular weight excluding hydrogens is 206 g/mol. The largest absolute Gasteiger partial charge is 0.508 e. The molecule has 0 saturated heterocycles. The molecule has 1 atom stereocenters. The van der Waals surface area contributed by atoms with Crippen LogP contribution >= 0.6 is 15.9 Å². The summed E-state index contributed by atoms with van der Waals surface area (Å²) in [4.78, 5) is -0.427. The van der Waals surface area contributed by atoms with E-state index in [9.17, 15) is 5.11 Å². The highest BCUT2D eigenvalue weighted by Crippen LogP contribution is 2.28. The first-order chi connectivity index (χ1) is 5.25. The second-order valence-electron chi connectivity index (χ2n) is 2.05. The predicted octanol–water partition coefficient (Wildman–Crippen LogP) is 2.35. The van der Waals surface area contributed by atoms with Crippen molar-refractivity contribution >= 4 is 15.9 Å². The van der Waals surface area contributed by atoms with Gasteiger partial charge in [-0.25, -0.2) is 0 Å². The van der Waals surface area contributed by atoms with Crippen LogP contribution in [-0.2, 0) is 0 Å². The van der Waals surface area contributed by atoms with Crippen molar-refractivity contribution in [1.29, 1.82) is 5.26 Å². The number of phenols is 1. The van der Waals surface area contributed by atoms with Crippen LogP contribution in [0.4, 0.5) is 0 Å². The van der Waals surface area contributed by atoms with Crippen LogP contribution < -0.4 is 0 Å².